The van der Waals surface area contributed by atoms with Gasteiger partial charge < -0.3 is 10.6 Å². The van der Waals surface area contributed by atoms with Gasteiger partial charge in [0.1, 0.15) is 5.82 Å². The summed E-state index contributed by atoms with van der Waals surface area (Å²) >= 11 is 0. The summed E-state index contributed by atoms with van der Waals surface area (Å²) in [5.74, 6) is -0.154. The van der Waals surface area contributed by atoms with Crippen molar-refractivity contribution in [3.63, 3.8) is 0 Å². The van der Waals surface area contributed by atoms with E-state index in [1.807, 2.05) is 31.9 Å². The Balaban J connectivity index is 2.59. The average Bonchev–Trinajstić information content (AvgIpc) is 2.05. The third-order valence-corrected chi connectivity index (χ3v) is 2.08. The van der Waals surface area contributed by atoms with Gasteiger partial charge in [-0.25, -0.2) is 4.39 Å². The maximum absolute atomic E-state index is 13.3. The van der Waals surface area contributed by atoms with Crippen molar-refractivity contribution < 1.29 is 4.39 Å². The van der Waals surface area contributed by atoms with E-state index in [4.69, 9.17) is 5.73 Å². The fourth-order valence-corrected chi connectivity index (χ4v) is 1.67. The number of likely N-dealkylation sites (N-methyl/N-ethyl adjacent to an activating group) is 1. The quantitative estimate of drug-likeness (QED) is 0.823. The predicted octanol–water partition coefficient (Wildman–Crippen LogP) is 1.99. The van der Waals surface area contributed by atoms with Crippen LogP contribution in [0.4, 0.5) is 4.39 Å². The first-order chi connectivity index (χ1) is 6.88. The van der Waals surface area contributed by atoms with Crippen molar-refractivity contribution in [1.82, 2.24) is 4.90 Å². The standard InChI is InChI=1S/C12H19FN2/c1-12(2,14)9-15(3)8-10-6-4-5-7-11(10)13/h4-7H,8-9,14H2,1-3H3. The predicted molar refractivity (Wildman–Crippen MR) is 61.0 cm³/mol. The van der Waals surface area contributed by atoms with Gasteiger partial charge >= 0.3 is 0 Å². The van der Waals surface area contributed by atoms with Crippen LogP contribution < -0.4 is 5.73 Å². The van der Waals surface area contributed by atoms with Gasteiger partial charge in [-0.2, -0.15) is 0 Å². The normalized spacial score (nSPS) is 12.1. The molecule has 0 aliphatic heterocycles. The Bertz CT molecular complexity index is 318. The second kappa shape index (κ2) is 4.73. The minimum atomic E-state index is -0.250. The van der Waals surface area contributed by atoms with Gasteiger partial charge in [0.15, 0.2) is 0 Å². The molecule has 0 saturated heterocycles. The zero-order chi connectivity index (χ0) is 11.5. The molecule has 0 radical (unpaired) electrons. The molecule has 0 atom stereocenters. The molecule has 0 spiro atoms. The van der Waals surface area contributed by atoms with Gasteiger partial charge in [-0.3, -0.25) is 0 Å². The summed E-state index contributed by atoms with van der Waals surface area (Å²) < 4.78 is 13.3. The lowest BCUT2D eigenvalue weighted by Crippen LogP contribution is -2.43. The van der Waals surface area contributed by atoms with E-state index in [1.54, 1.807) is 12.1 Å². The van der Waals surface area contributed by atoms with Crippen LogP contribution in [-0.2, 0) is 6.54 Å². The van der Waals surface area contributed by atoms with Crippen LogP contribution >= 0.6 is 0 Å². The van der Waals surface area contributed by atoms with Gasteiger partial charge in [0, 0.05) is 24.2 Å². The highest BCUT2D eigenvalue weighted by atomic mass is 19.1. The Morgan fingerprint density at radius 2 is 1.93 bits per heavy atom. The molecule has 0 saturated carbocycles. The summed E-state index contributed by atoms with van der Waals surface area (Å²) in [6.45, 7) is 5.25. The van der Waals surface area contributed by atoms with E-state index < -0.39 is 0 Å². The molecule has 1 aromatic carbocycles. The minimum absolute atomic E-state index is 0.154. The highest BCUT2D eigenvalue weighted by Crippen LogP contribution is 2.10. The molecule has 0 aromatic heterocycles. The van der Waals surface area contributed by atoms with Crippen molar-refractivity contribution >= 4 is 0 Å². The Morgan fingerprint density at radius 3 is 2.47 bits per heavy atom. The number of benzene rings is 1. The van der Waals surface area contributed by atoms with Crippen LogP contribution in [0.5, 0.6) is 0 Å². The monoisotopic (exact) mass is 210 g/mol. The van der Waals surface area contributed by atoms with Crippen LogP contribution in [0.3, 0.4) is 0 Å². The largest absolute Gasteiger partial charge is 0.324 e. The van der Waals surface area contributed by atoms with Gasteiger partial charge in [0.2, 0.25) is 0 Å². The molecular formula is C12H19FN2. The van der Waals surface area contributed by atoms with Gasteiger partial charge in [-0.15, -0.1) is 0 Å². The van der Waals surface area contributed by atoms with Gasteiger partial charge in [-0.05, 0) is 27.0 Å². The molecule has 0 bridgehead atoms. The number of halogens is 1. The molecule has 0 aliphatic carbocycles. The van der Waals surface area contributed by atoms with Crippen molar-refractivity contribution in [2.75, 3.05) is 13.6 Å². The van der Waals surface area contributed by atoms with Gasteiger partial charge in [0.05, 0.1) is 0 Å². The molecule has 0 fully saturated rings. The molecule has 84 valence electrons. The Labute approximate surface area is 90.9 Å². The third kappa shape index (κ3) is 4.40. The first-order valence-corrected chi connectivity index (χ1v) is 5.09. The third-order valence-electron chi connectivity index (χ3n) is 2.08. The highest BCUT2D eigenvalue weighted by molar-refractivity contribution is 5.17. The molecule has 2 nitrogen and oxygen atoms in total. The van der Waals surface area contributed by atoms with Crippen LogP contribution in [0.25, 0.3) is 0 Å². The maximum atomic E-state index is 13.3. The molecule has 1 rings (SSSR count). The lowest BCUT2D eigenvalue weighted by atomic mass is 10.1. The van der Waals surface area contributed by atoms with Crippen molar-refractivity contribution in [1.29, 1.82) is 0 Å². The summed E-state index contributed by atoms with van der Waals surface area (Å²) in [5, 5.41) is 0. The first-order valence-electron chi connectivity index (χ1n) is 5.09. The number of nitrogens with two attached hydrogens (primary N) is 1. The molecule has 0 unspecified atom stereocenters. The second-order valence-electron chi connectivity index (χ2n) is 4.75. The number of hydrogen-bond donors (Lipinski definition) is 1. The van der Waals surface area contributed by atoms with E-state index in [9.17, 15) is 4.39 Å². The molecule has 15 heavy (non-hydrogen) atoms. The van der Waals surface area contributed by atoms with Crippen molar-refractivity contribution in [3.05, 3.63) is 35.6 Å². The number of rotatable bonds is 4. The molecule has 0 heterocycles. The van der Waals surface area contributed by atoms with Crippen LogP contribution in [0.1, 0.15) is 19.4 Å². The van der Waals surface area contributed by atoms with Gasteiger partial charge in [-0.1, -0.05) is 18.2 Å². The summed E-state index contributed by atoms with van der Waals surface area (Å²) in [6, 6.07) is 6.83. The molecule has 0 amide bonds. The van der Waals surface area contributed by atoms with Crippen LogP contribution in [0.2, 0.25) is 0 Å². The van der Waals surface area contributed by atoms with E-state index in [0.717, 1.165) is 6.54 Å². The van der Waals surface area contributed by atoms with E-state index >= 15 is 0 Å². The van der Waals surface area contributed by atoms with E-state index in [2.05, 4.69) is 0 Å². The summed E-state index contributed by atoms with van der Waals surface area (Å²) in [5.41, 5.74) is 6.35. The Morgan fingerprint density at radius 1 is 1.33 bits per heavy atom. The first kappa shape index (κ1) is 12.1. The Kier molecular flexibility index (Phi) is 3.83. The number of hydrogen-bond acceptors (Lipinski definition) is 2. The zero-order valence-corrected chi connectivity index (χ0v) is 9.63. The summed E-state index contributed by atoms with van der Waals surface area (Å²) in [6.07, 6.45) is 0. The van der Waals surface area contributed by atoms with E-state index in [-0.39, 0.29) is 11.4 Å². The molecular weight excluding hydrogens is 191 g/mol. The zero-order valence-electron chi connectivity index (χ0n) is 9.63. The summed E-state index contributed by atoms with van der Waals surface area (Å²) in [4.78, 5) is 2.03. The topological polar surface area (TPSA) is 29.3 Å². The van der Waals surface area contributed by atoms with Crippen LogP contribution in [0.15, 0.2) is 24.3 Å². The van der Waals surface area contributed by atoms with E-state index in [1.165, 1.54) is 6.07 Å². The second-order valence-corrected chi connectivity index (χ2v) is 4.75. The summed E-state index contributed by atoms with van der Waals surface area (Å²) in [7, 11) is 1.95. The smallest absolute Gasteiger partial charge is 0.127 e. The van der Waals surface area contributed by atoms with Crippen molar-refractivity contribution in [2.45, 2.75) is 25.9 Å². The molecule has 1 aromatic rings. The highest BCUT2D eigenvalue weighted by Gasteiger charge is 2.14. The minimum Gasteiger partial charge on any atom is -0.324 e. The Hall–Kier alpha value is -0.930. The fraction of sp³-hybridized carbons (Fsp3) is 0.500. The maximum Gasteiger partial charge on any atom is 0.127 e. The fourth-order valence-electron chi connectivity index (χ4n) is 1.67. The molecule has 0 aliphatic rings. The van der Waals surface area contributed by atoms with Gasteiger partial charge in [0.25, 0.3) is 0 Å². The lowest BCUT2D eigenvalue weighted by Gasteiger charge is -2.26. The van der Waals surface area contributed by atoms with E-state index in [0.29, 0.717) is 12.1 Å². The molecule has 2 N–H and O–H groups in total. The number of nitrogens with zero attached hydrogens (tertiary/aromatic N) is 1. The SMILES string of the molecule is CN(Cc1ccccc1F)CC(C)(C)N. The molecule has 3 heteroatoms. The van der Waals surface area contributed by atoms with Crippen LogP contribution in [0, 0.1) is 5.82 Å². The lowest BCUT2D eigenvalue weighted by molar-refractivity contribution is 0.260. The van der Waals surface area contributed by atoms with Crippen molar-refractivity contribution in [3.8, 4) is 0 Å². The average molecular weight is 210 g/mol. The van der Waals surface area contributed by atoms with Crippen LogP contribution in [-0.4, -0.2) is 24.0 Å². The van der Waals surface area contributed by atoms with Crippen molar-refractivity contribution in [2.24, 2.45) is 5.73 Å².